The van der Waals surface area contributed by atoms with Gasteiger partial charge in [0, 0.05) is 11.6 Å². The number of amides is 1. The van der Waals surface area contributed by atoms with Crippen molar-refractivity contribution < 1.29 is 4.79 Å². The average molecular weight is 242 g/mol. The fraction of sp³-hybridized carbons (Fsp3) is 0.929. The molecule has 0 aromatic carbocycles. The minimum atomic E-state index is -0.154. The predicted molar refractivity (Wildman–Crippen MR) is 74.1 cm³/mol. The molecular formula is C14H30N2O. The Morgan fingerprint density at radius 1 is 1.18 bits per heavy atom. The zero-order valence-corrected chi connectivity index (χ0v) is 12.4. The van der Waals surface area contributed by atoms with Crippen LogP contribution in [0.3, 0.4) is 0 Å². The van der Waals surface area contributed by atoms with E-state index in [4.69, 9.17) is 0 Å². The fourth-order valence-corrected chi connectivity index (χ4v) is 1.76. The summed E-state index contributed by atoms with van der Waals surface area (Å²) in [7, 11) is 0. The van der Waals surface area contributed by atoms with Crippen LogP contribution in [-0.4, -0.2) is 23.5 Å². The van der Waals surface area contributed by atoms with E-state index in [2.05, 4.69) is 24.5 Å². The Kier molecular flexibility index (Phi) is 7.44. The summed E-state index contributed by atoms with van der Waals surface area (Å²) in [6.45, 7) is 12.3. The number of rotatable bonds is 7. The lowest BCUT2D eigenvalue weighted by molar-refractivity contribution is -0.124. The molecule has 0 fully saturated rings. The van der Waals surface area contributed by atoms with Gasteiger partial charge in [0.25, 0.3) is 0 Å². The maximum atomic E-state index is 11.9. The molecule has 17 heavy (non-hydrogen) atoms. The normalized spacial score (nSPS) is 15.4. The standard InChI is InChI=1S/C14H30N2O/c1-7-8-9-10-11(2)15-12(3)13(17)16-14(4,5)6/h11-12,15H,7-10H2,1-6H3,(H,16,17). The van der Waals surface area contributed by atoms with Crippen molar-refractivity contribution in [2.75, 3.05) is 0 Å². The molecule has 0 saturated heterocycles. The van der Waals surface area contributed by atoms with Gasteiger partial charge in [0.05, 0.1) is 6.04 Å². The smallest absolute Gasteiger partial charge is 0.237 e. The number of hydrogen-bond acceptors (Lipinski definition) is 2. The number of nitrogens with one attached hydrogen (secondary N) is 2. The summed E-state index contributed by atoms with van der Waals surface area (Å²) in [4.78, 5) is 11.9. The second-order valence-electron chi connectivity index (χ2n) is 6.02. The summed E-state index contributed by atoms with van der Waals surface area (Å²) in [6, 6.07) is 0.285. The van der Waals surface area contributed by atoms with Crippen molar-refractivity contribution in [2.45, 2.75) is 84.8 Å². The monoisotopic (exact) mass is 242 g/mol. The highest BCUT2D eigenvalue weighted by Crippen LogP contribution is 2.04. The van der Waals surface area contributed by atoms with Crippen molar-refractivity contribution in [3.63, 3.8) is 0 Å². The van der Waals surface area contributed by atoms with Gasteiger partial charge in [0.1, 0.15) is 0 Å². The van der Waals surface area contributed by atoms with E-state index in [-0.39, 0.29) is 17.5 Å². The van der Waals surface area contributed by atoms with E-state index in [1.54, 1.807) is 0 Å². The lowest BCUT2D eigenvalue weighted by Crippen LogP contribution is -2.51. The predicted octanol–water partition coefficient (Wildman–Crippen LogP) is 2.85. The lowest BCUT2D eigenvalue weighted by atomic mass is 10.1. The Hall–Kier alpha value is -0.570. The van der Waals surface area contributed by atoms with Crippen molar-refractivity contribution >= 4 is 5.91 Å². The molecular weight excluding hydrogens is 212 g/mol. The fourth-order valence-electron chi connectivity index (χ4n) is 1.76. The molecule has 0 aromatic heterocycles. The Morgan fingerprint density at radius 3 is 2.24 bits per heavy atom. The van der Waals surface area contributed by atoms with Crippen LogP contribution in [-0.2, 0) is 4.79 Å². The van der Waals surface area contributed by atoms with E-state index in [9.17, 15) is 4.79 Å². The van der Waals surface area contributed by atoms with E-state index >= 15 is 0 Å². The van der Waals surface area contributed by atoms with Gasteiger partial charge in [-0.3, -0.25) is 4.79 Å². The molecule has 0 aliphatic carbocycles. The van der Waals surface area contributed by atoms with Crippen LogP contribution in [0.15, 0.2) is 0 Å². The summed E-state index contributed by atoms with van der Waals surface area (Å²) in [5, 5.41) is 6.34. The van der Waals surface area contributed by atoms with Crippen LogP contribution in [0, 0.1) is 0 Å². The molecule has 0 rings (SSSR count). The first-order valence-corrected chi connectivity index (χ1v) is 6.84. The molecule has 0 bridgehead atoms. The van der Waals surface area contributed by atoms with Crippen LogP contribution in [0.1, 0.15) is 67.2 Å². The third-order valence-corrected chi connectivity index (χ3v) is 2.67. The van der Waals surface area contributed by atoms with Gasteiger partial charge in [-0.2, -0.15) is 0 Å². The lowest BCUT2D eigenvalue weighted by Gasteiger charge is -2.25. The summed E-state index contributed by atoms with van der Waals surface area (Å²) < 4.78 is 0. The van der Waals surface area contributed by atoms with Crippen LogP contribution in [0.4, 0.5) is 0 Å². The van der Waals surface area contributed by atoms with Crippen molar-refractivity contribution in [1.82, 2.24) is 10.6 Å². The molecule has 2 atom stereocenters. The topological polar surface area (TPSA) is 41.1 Å². The summed E-state index contributed by atoms with van der Waals surface area (Å²) in [6.07, 6.45) is 4.89. The Morgan fingerprint density at radius 2 is 1.76 bits per heavy atom. The van der Waals surface area contributed by atoms with Crippen LogP contribution in [0.2, 0.25) is 0 Å². The second kappa shape index (κ2) is 7.70. The number of hydrogen-bond donors (Lipinski definition) is 2. The van der Waals surface area contributed by atoms with Crippen molar-refractivity contribution in [3.8, 4) is 0 Å². The first-order valence-electron chi connectivity index (χ1n) is 6.84. The molecule has 0 heterocycles. The first kappa shape index (κ1) is 16.4. The molecule has 0 saturated carbocycles. The zero-order chi connectivity index (χ0) is 13.5. The van der Waals surface area contributed by atoms with Crippen LogP contribution in [0.25, 0.3) is 0 Å². The van der Waals surface area contributed by atoms with E-state index in [1.165, 1.54) is 19.3 Å². The molecule has 3 nitrogen and oxygen atoms in total. The highest BCUT2D eigenvalue weighted by molar-refractivity contribution is 5.81. The average Bonchev–Trinajstić information content (AvgIpc) is 2.15. The van der Waals surface area contributed by atoms with Gasteiger partial charge in [0.15, 0.2) is 0 Å². The third-order valence-electron chi connectivity index (χ3n) is 2.67. The highest BCUT2D eigenvalue weighted by Gasteiger charge is 2.19. The minimum Gasteiger partial charge on any atom is -0.350 e. The third kappa shape index (κ3) is 9.16. The minimum absolute atomic E-state index is 0.0832. The van der Waals surface area contributed by atoms with Crippen LogP contribution in [0.5, 0.6) is 0 Å². The highest BCUT2D eigenvalue weighted by atomic mass is 16.2. The van der Waals surface area contributed by atoms with Crippen LogP contribution >= 0.6 is 0 Å². The molecule has 0 aliphatic rings. The van der Waals surface area contributed by atoms with E-state index in [0.717, 1.165) is 6.42 Å². The summed E-state index contributed by atoms with van der Waals surface area (Å²) in [5.41, 5.74) is -0.154. The van der Waals surface area contributed by atoms with E-state index in [0.29, 0.717) is 6.04 Å². The molecule has 2 N–H and O–H groups in total. The van der Waals surface area contributed by atoms with Gasteiger partial charge in [-0.1, -0.05) is 26.2 Å². The van der Waals surface area contributed by atoms with Gasteiger partial charge < -0.3 is 10.6 Å². The Balaban J connectivity index is 3.90. The quantitative estimate of drug-likeness (QED) is 0.674. The van der Waals surface area contributed by atoms with Crippen molar-refractivity contribution in [2.24, 2.45) is 0 Å². The van der Waals surface area contributed by atoms with Gasteiger partial charge >= 0.3 is 0 Å². The maximum Gasteiger partial charge on any atom is 0.237 e. The number of unbranched alkanes of at least 4 members (excludes halogenated alkanes) is 2. The molecule has 2 unspecified atom stereocenters. The molecule has 3 heteroatoms. The van der Waals surface area contributed by atoms with Gasteiger partial charge in [-0.05, 0) is 41.0 Å². The van der Waals surface area contributed by atoms with Crippen molar-refractivity contribution in [3.05, 3.63) is 0 Å². The van der Waals surface area contributed by atoms with Gasteiger partial charge in [-0.15, -0.1) is 0 Å². The number of carbonyl (C=O) groups is 1. The second-order valence-corrected chi connectivity index (χ2v) is 6.02. The van der Waals surface area contributed by atoms with Crippen molar-refractivity contribution in [1.29, 1.82) is 0 Å². The Bertz CT molecular complexity index is 221. The number of carbonyl (C=O) groups excluding carboxylic acids is 1. The SMILES string of the molecule is CCCCCC(C)NC(C)C(=O)NC(C)(C)C. The van der Waals surface area contributed by atoms with Gasteiger partial charge in [-0.25, -0.2) is 0 Å². The maximum absolute atomic E-state index is 11.9. The van der Waals surface area contributed by atoms with E-state index in [1.807, 2.05) is 27.7 Å². The summed E-state index contributed by atoms with van der Waals surface area (Å²) >= 11 is 0. The zero-order valence-electron chi connectivity index (χ0n) is 12.4. The summed E-state index contributed by atoms with van der Waals surface area (Å²) in [5.74, 6) is 0.0832. The van der Waals surface area contributed by atoms with Crippen LogP contribution < -0.4 is 10.6 Å². The first-order chi connectivity index (χ1) is 7.76. The molecule has 0 spiro atoms. The molecule has 0 radical (unpaired) electrons. The molecule has 0 aliphatic heterocycles. The Labute approximate surface area is 107 Å². The molecule has 1 amide bonds. The van der Waals surface area contributed by atoms with E-state index < -0.39 is 0 Å². The molecule has 102 valence electrons. The largest absolute Gasteiger partial charge is 0.350 e. The molecule has 0 aromatic rings. The van der Waals surface area contributed by atoms with Gasteiger partial charge in [0.2, 0.25) is 5.91 Å².